The van der Waals surface area contributed by atoms with Crippen LogP contribution >= 0.6 is 0 Å². The third kappa shape index (κ3) is 3.97. The number of sulfonamides is 1. The van der Waals surface area contributed by atoms with E-state index >= 15 is 0 Å². The molecular weight excluding hydrogens is 258 g/mol. The van der Waals surface area contributed by atoms with E-state index in [1.807, 2.05) is 0 Å². The summed E-state index contributed by atoms with van der Waals surface area (Å²) in [5, 5.41) is 13.4. The molecule has 100 valence electrons. The third-order valence-electron chi connectivity index (χ3n) is 2.29. The number of nitrogens with one attached hydrogen (secondary N) is 2. The van der Waals surface area contributed by atoms with Crippen LogP contribution in [0, 0.1) is 17.0 Å². The predicted molar refractivity (Wildman–Crippen MR) is 69.2 cm³/mol. The third-order valence-corrected chi connectivity index (χ3v) is 3.58. The topological polar surface area (TPSA) is 101 Å². The molecule has 0 atom stereocenters. The molecule has 1 rings (SSSR count). The first kappa shape index (κ1) is 14.4. The number of rotatable bonds is 6. The lowest BCUT2D eigenvalue weighted by atomic mass is 10.2. The molecule has 0 amide bonds. The fourth-order valence-electron chi connectivity index (χ4n) is 1.39. The SMILES string of the molecule is CNCCS(=O)(=O)Nc1ccc([N+](=O)[O-])c(C)c1. The van der Waals surface area contributed by atoms with Gasteiger partial charge >= 0.3 is 0 Å². The number of nitro benzene ring substituents is 1. The summed E-state index contributed by atoms with van der Waals surface area (Å²) in [4.78, 5) is 10.1. The Labute approximate surface area is 105 Å². The first-order chi connectivity index (χ1) is 8.35. The molecule has 0 aliphatic heterocycles. The highest BCUT2D eigenvalue weighted by Gasteiger charge is 2.13. The lowest BCUT2D eigenvalue weighted by molar-refractivity contribution is -0.385. The van der Waals surface area contributed by atoms with E-state index in [4.69, 9.17) is 0 Å². The zero-order valence-corrected chi connectivity index (χ0v) is 11.0. The number of nitrogens with zero attached hydrogens (tertiary/aromatic N) is 1. The van der Waals surface area contributed by atoms with Crippen molar-refractivity contribution < 1.29 is 13.3 Å². The van der Waals surface area contributed by atoms with Crippen LogP contribution in [0.1, 0.15) is 5.56 Å². The maximum Gasteiger partial charge on any atom is 0.272 e. The zero-order valence-electron chi connectivity index (χ0n) is 10.1. The van der Waals surface area contributed by atoms with E-state index in [-0.39, 0.29) is 11.4 Å². The number of hydrogen-bond acceptors (Lipinski definition) is 5. The molecule has 2 N–H and O–H groups in total. The van der Waals surface area contributed by atoms with Crippen LogP contribution in [0.2, 0.25) is 0 Å². The van der Waals surface area contributed by atoms with Gasteiger partial charge in [0.2, 0.25) is 10.0 Å². The van der Waals surface area contributed by atoms with Gasteiger partial charge in [-0.1, -0.05) is 0 Å². The van der Waals surface area contributed by atoms with Gasteiger partial charge in [-0.2, -0.15) is 0 Å². The van der Waals surface area contributed by atoms with Gasteiger partial charge in [-0.15, -0.1) is 0 Å². The quantitative estimate of drug-likeness (QED) is 0.591. The predicted octanol–water partition coefficient (Wildman–Crippen LogP) is 0.864. The number of hydrogen-bond donors (Lipinski definition) is 2. The molecule has 0 aliphatic rings. The highest BCUT2D eigenvalue weighted by molar-refractivity contribution is 7.92. The second kappa shape index (κ2) is 5.78. The Morgan fingerprint density at radius 1 is 1.39 bits per heavy atom. The molecule has 8 heteroatoms. The van der Waals surface area contributed by atoms with Crippen LogP contribution in [0.25, 0.3) is 0 Å². The second-order valence-electron chi connectivity index (χ2n) is 3.78. The lowest BCUT2D eigenvalue weighted by Gasteiger charge is -2.08. The van der Waals surface area contributed by atoms with E-state index in [1.54, 1.807) is 14.0 Å². The molecule has 0 radical (unpaired) electrons. The first-order valence-corrected chi connectivity index (χ1v) is 6.91. The molecule has 18 heavy (non-hydrogen) atoms. The molecule has 0 unspecified atom stereocenters. The molecule has 0 saturated heterocycles. The van der Waals surface area contributed by atoms with Gasteiger partial charge in [-0.25, -0.2) is 8.42 Å². The van der Waals surface area contributed by atoms with Crippen molar-refractivity contribution in [1.82, 2.24) is 5.32 Å². The van der Waals surface area contributed by atoms with Crippen molar-refractivity contribution in [3.8, 4) is 0 Å². The minimum atomic E-state index is -3.43. The molecule has 0 aliphatic carbocycles. The number of aryl methyl sites for hydroxylation is 1. The van der Waals surface area contributed by atoms with Crippen molar-refractivity contribution in [2.24, 2.45) is 0 Å². The largest absolute Gasteiger partial charge is 0.319 e. The van der Waals surface area contributed by atoms with Gasteiger partial charge < -0.3 is 5.32 Å². The van der Waals surface area contributed by atoms with Crippen molar-refractivity contribution in [3.05, 3.63) is 33.9 Å². The van der Waals surface area contributed by atoms with Gasteiger partial charge in [0.05, 0.1) is 10.7 Å². The molecule has 0 fully saturated rings. The molecule has 0 heterocycles. The van der Waals surface area contributed by atoms with E-state index in [1.165, 1.54) is 18.2 Å². The van der Waals surface area contributed by atoms with Crippen molar-refractivity contribution in [2.45, 2.75) is 6.92 Å². The standard InChI is InChI=1S/C10H15N3O4S/c1-8-7-9(3-4-10(8)13(14)15)12-18(16,17)6-5-11-2/h3-4,7,11-12H,5-6H2,1-2H3. The Hall–Kier alpha value is -1.67. The van der Waals surface area contributed by atoms with E-state index in [0.717, 1.165) is 0 Å². The summed E-state index contributed by atoms with van der Waals surface area (Å²) >= 11 is 0. The average molecular weight is 273 g/mol. The fraction of sp³-hybridized carbons (Fsp3) is 0.400. The summed E-state index contributed by atoms with van der Waals surface area (Å²) in [5.41, 5.74) is 0.705. The minimum Gasteiger partial charge on any atom is -0.319 e. The minimum absolute atomic E-state index is 0.0341. The van der Waals surface area contributed by atoms with Gasteiger partial charge in [0.25, 0.3) is 5.69 Å². The molecule has 1 aromatic carbocycles. The monoisotopic (exact) mass is 273 g/mol. The highest BCUT2D eigenvalue weighted by atomic mass is 32.2. The van der Waals surface area contributed by atoms with E-state index in [2.05, 4.69) is 10.0 Å². The molecule has 0 bridgehead atoms. The van der Waals surface area contributed by atoms with Crippen LogP contribution < -0.4 is 10.0 Å². The zero-order chi connectivity index (χ0) is 13.8. The van der Waals surface area contributed by atoms with Crippen molar-refractivity contribution >= 4 is 21.4 Å². The smallest absolute Gasteiger partial charge is 0.272 e. The average Bonchev–Trinajstić information content (AvgIpc) is 2.25. The number of benzene rings is 1. The van der Waals surface area contributed by atoms with Crippen LogP contribution in [-0.4, -0.2) is 32.7 Å². The van der Waals surface area contributed by atoms with Crippen molar-refractivity contribution in [3.63, 3.8) is 0 Å². The maximum absolute atomic E-state index is 11.6. The normalized spacial score (nSPS) is 11.2. The Kier molecular flexibility index (Phi) is 4.62. The van der Waals surface area contributed by atoms with Crippen LogP contribution in [0.3, 0.4) is 0 Å². The summed E-state index contributed by atoms with van der Waals surface area (Å²) in [6, 6.07) is 4.10. The fourth-order valence-corrected chi connectivity index (χ4v) is 2.45. The number of nitro groups is 1. The Morgan fingerprint density at radius 2 is 2.06 bits per heavy atom. The first-order valence-electron chi connectivity index (χ1n) is 5.26. The van der Waals surface area contributed by atoms with Crippen LogP contribution in [-0.2, 0) is 10.0 Å². The van der Waals surface area contributed by atoms with Crippen LogP contribution in [0.15, 0.2) is 18.2 Å². The second-order valence-corrected chi connectivity index (χ2v) is 5.62. The Balaban J connectivity index is 2.87. The van der Waals surface area contributed by atoms with E-state index in [0.29, 0.717) is 17.8 Å². The lowest BCUT2D eigenvalue weighted by Crippen LogP contribution is -2.24. The van der Waals surface area contributed by atoms with Gasteiger partial charge in [-0.3, -0.25) is 14.8 Å². The molecular formula is C10H15N3O4S. The molecule has 0 aromatic heterocycles. The van der Waals surface area contributed by atoms with Gasteiger partial charge in [0.1, 0.15) is 0 Å². The van der Waals surface area contributed by atoms with Gasteiger partial charge in [0, 0.05) is 23.9 Å². The summed E-state index contributed by atoms with van der Waals surface area (Å²) in [6.45, 7) is 1.89. The van der Waals surface area contributed by atoms with Gasteiger partial charge in [0.15, 0.2) is 0 Å². The Bertz CT molecular complexity index is 542. The number of anilines is 1. The summed E-state index contributed by atoms with van der Waals surface area (Å²) in [5.74, 6) is -0.0560. The van der Waals surface area contributed by atoms with Crippen molar-refractivity contribution in [1.29, 1.82) is 0 Å². The van der Waals surface area contributed by atoms with Crippen LogP contribution in [0.5, 0.6) is 0 Å². The van der Waals surface area contributed by atoms with Gasteiger partial charge in [-0.05, 0) is 26.1 Å². The molecule has 1 aromatic rings. The van der Waals surface area contributed by atoms with E-state index < -0.39 is 14.9 Å². The molecule has 0 spiro atoms. The molecule has 7 nitrogen and oxygen atoms in total. The summed E-state index contributed by atoms with van der Waals surface area (Å²) < 4.78 is 25.6. The maximum atomic E-state index is 11.6. The van der Waals surface area contributed by atoms with Crippen molar-refractivity contribution in [2.75, 3.05) is 24.1 Å². The summed E-state index contributed by atoms with van der Waals surface area (Å²) in [7, 11) is -1.77. The Morgan fingerprint density at radius 3 is 2.56 bits per heavy atom. The summed E-state index contributed by atoms with van der Waals surface area (Å²) in [6.07, 6.45) is 0. The van der Waals surface area contributed by atoms with E-state index in [9.17, 15) is 18.5 Å². The molecule has 0 saturated carbocycles. The van der Waals surface area contributed by atoms with Crippen LogP contribution in [0.4, 0.5) is 11.4 Å². The highest BCUT2D eigenvalue weighted by Crippen LogP contribution is 2.22.